The lowest BCUT2D eigenvalue weighted by molar-refractivity contribution is -0.137. The van der Waals surface area contributed by atoms with Crippen molar-refractivity contribution < 1.29 is 38.3 Å². The number of nitrogens with zero attached hydrogens (tertiary/aromatic N) is 1. The van der Waals surface area contributed by atoms with Gasteiger partial charge in [0, 0.05) is 47.4 Å². The van der Waals surface area contributed by atoms with Crippen molar-refractivity contribution in [1.29, 1.82) is 0 Å². The zero-order chi connectivity index (χ0) is 24.3. The molecule has 1 N–H and O–H groups in total. The predicted molar refractivity (Wildman–Crippen MR) is 125 cm³/mol. The molecule has 0 aliphatic rings. The van der Waals surface area contributed by atoms with Crippen LogP contribution in [-0.2, 0) is 33.2 Å². The van der Waals surface area contributed by atoms with E-state index in [1.54, 1.807) is 21.3 Å². The molecule has 0 aromatic carbocycles. The minimum absolute atomic E-state index is 0.326. The van der Waals surface area contributed by atoms with Gasteiger partial charge >= 0.3 is 5.97 Å². The summed E-state index contributed by atoms with van der Waals surface area (Å²) in [6, 6.07) is 0. The first-order chi connectivity index (χ1) is 15.5. The van der Waals surface area contributed by atoms with Crippen LogP contribution in [0.2, 0.25) is 0 Å². The zero-order valence-electron chi connectivity index (χ0n) is 21.1. The third-order valence-corrected chi connectivity index (χ3v) is 4.37. The molecule has 0 aromatic heterocycles. The summed E-state index contributed by atoms with van der Waals surface area (Å²) in [5.74, 6) is 0.0255. The molecule has 0 saturated heterocycles. The Kier molecular flexibility index (Phi) is 29.4. The lowest BCUT2D eigenvalue weighted by atomic mass is 10.1. The summed E-state index contributed by atoms with van der Waals surface area (Å²) in [5.41, 5.74) is 0. The molecular formula is C23H49NO8. The second-order valence-corrected chi connectivity index (χ2v) is 7.69. The van der Waals surface area contributed by atoms with Gasteiger partial charge in [-0.05, 0) is 12.3 Å². The van der Waals surface area contributed by atoms with E-state index >= 15 is 0 Å². The second-order valence-electron chi connectivity index (χ2n) is 7.69. The summed E-state index contributed by atoms with van der Waals surface area (Å²) in [6.45, 7) is 12.7. The van der Waals surface area contributed by atoms with Gasteiger partial charge in [-0.25, -0.2) is 0 Å². The number of carbonyl (C=O) groups is 1. The van der Waals surface area contributed by atoms with Crippen molar-refractivity contribution in [2.24, 2.45) is 5.92 Å². The predicted octanol–water partition coefficient (Wildman–Crippen LogP) is 2.56. The highest BCUT2D eigenvalue weighted by molar-refractivity contribution is 5.66. The molecule has 0 radical (unpaired) electrons. The second kappa shape index (κ2) is 28.2. The number of methoxy groups -OCH3 is 3. The molecule has 0 aromatic rings. The normalized spacial score (nSPS) is 11.1. The van der Waals surface area contributed by atoms with Gasteiger partial charge in [-0.1, -0.05) is 26.7 Å². The quantitative estimate of drug-likeness (QED) is 0.227. The van der Waals surface area contributed by atoms with Crippen LogP contribution in [0.4, 0.5) is 0 Å². The van der Waals surface area contributed by atoms with E-state index < -0.39 is 5.97 Å². The standard InChI is InChI=1S/C15H33NO6.C8H16O2/c1-17-10-13-20-7-4-16(5-8-21-14-11-18-2)6-9-22-15-12-19-3;1-7(2)5-3-4-6-8(9)10/h4-15H2,1-3H3;7H,3-6H2,1-2H3,(H,9,10). The van der Waals surface area contributed by atoms with E-state index in [0.717, 1.165) is 38.9 Å². The minimum Gasteiger partial charge on any atom is -0.481 e. The average Bonchev–Trinajstić information content (AvgIpc) is 2.76. The van der Waals surface area contributed by atoms with Crippen LogP contribution in [0, 0.1) is 5.92 Å². The Morgan fingerprint density at radius 2 is 1.09 bits per heavy atom. The Hall–Kier alpha value is -0.810. The van der Waals surface area contributed by atoms with Crippen molar-refractivity contribution >= 4 is 5.97 Å². The molecule has 0 rings (SSSR count). The maximum absolute atomic E-state index is 10.0. The summed E-state index contributed by atoms with van der Waals surface area (Å²) in [4.78, 5) is 12.3. The van der Waals surface area contributed by atoms with Crippen molar-refractivity contribution in [3.05, 3.63) is 0 Å². The summed E-state index contributed by atoms with van der Waals surface area (Å²) < 4.78 is 31.4. The molecule has 0 amide bonds. The van der Waals surface area contributed by atoms with Crippen LogP contribution in [-0.4, -0.2) is 116 Å². The van der Waals surface area contributed by atoms with Crippen molar-refractivity contribution in [3.63, 3.8) is 0 Å². The average molecular weight is 468 g/mol. The first kappa shape index (κ1) is 33.4. The summed E-state index contributed by atoms with van der Waals surface area (Å²) >= 11 is 0. The highest BCUT2D eigenvalue weighted by Gasteiger charge is 2.05. The van der Waals surface area contributed by atoms with Gasteiger partial charge in [0.05, 0.1) is 59.5 Å². The van der Waals surface area contributed by atoms with E-state index in [9.17, 15) is 4.79 Å². The Balaban J connectivity index is 0. The number of hydrogen-bond acceptors (Lipinski definition) is 8. The Morgan fingerprint density at radius 3 is 1.41 bits per heavy atom. The number of hydrogen-bond donors (Lipinski definition) is 1. The van der Waals surface area contributed by atoms with E-state index in [0.29, 0.717) is 71.8 Å². The summed E-state index contributed by atoms with van der Waals surface area (Å²) in [5, 5.41) is 8.28. The fourth-order valence-electron chi connectivity index (χ4n) is 2.48. The van der Waals surface area contributed by atoms with Crippen molar-refractivity contribution in [2.45, 2.75) is 39.5 Å². The van der Waals surface area contributed by atoms with Gasteiger partial charge in [0.15, 0.2) is 0 Å². The van der Waals surface area contributed by atoms with E-state index in [1.165, 1.54) is 0 Å². The van der Waals surface area contributed by atoms with Crippen LogP contribution in [0.3, 0.4) is 0 Å². The van der Waals surface area contributed by atoms with Gasteiger partial charge < -0.3 is 33.5 Å². The molecule has 0 saturated carbocycles. The van der Waals surface area contributed by atoms with Gasteiger partial charge in [0.25, 0.3) is 0 Å². The Morgan fingerprint density at radius 1 is 0.688 bits per heavy atom. The van der Waals surface area contributed by atoms with Crippen LogP contribution in [0.5, 0.6) is 0 Å². The van der Waals surface area contributed by atoms with Crippen LogP contribution >= 0.6 is 0 Å². The van der Waals surface area contributed by atoms with Crippen LogP contribution in [0.1, 0.15) is 39.5 Å². The highest BCUT2D eigenvalue weighted by atomic mass is 16.5. The smallest absolute Gasteiger partial charge is 0.303 e. The van der Waals surface area contributed by atoms with E-state index in [-0.39, 0.29) is 0 Å². The molecule has 0 aliphatic carbocycles. The molecular weight excluding hydrogens is 418 g/mol. The number of carboxylic acids is 1. The zero-order valence-corrected chi connectivity index (χ0v) is 21.1. The topological polar surface area (TPSA) is 95.9 Å². The molecule has 194 valence electrons. The van der Waals surface area contributed by atoms with Gasteiger partial charge in [-0.3, -0.25) is 9.69 Å². The van der Waals surface area contributed by atoms with Gasteiger partial charge in [-0.15, -0.1) is 0 Å². The molecule has 9 heteroatoms. The maximum atomic E-state index is 10.0. The molecule has 0 spiro atoms. The van der Waals surface area contributed by atoms with E-state index in [4.69, 9.17) is 33.5 Å². The van der Waals surface area contributed by atoms with E-state index in [1.807, 2.05) is 0 Å². The van der Waals surface area contributed by atoms with Crippen molar-refractivity contribution in [1.82, 2.24) is 4.90 Å². The lowest BCUT2D eigenvalue weighted by Crippen LogP contribution is -2.34. The fourth-order valence-corrected chi connectivity index (χ4v) is 2.48. The first-order valence-electron chi connectivity index (χ1n) is 11.6. The molecule has 32 heavy (non-hydrogen) atoms. The molecule has 0 unspecified atom stereocenters. The number of ether oxygens (including phenoxy) is 6. The number of carboxylic acid groups (broad SMARTS) is 1. The molecule has 0 fully saturated rings. The van der Waals surface area contributed by atoms with E-state index in [2.05, 4.69) is 18.7 Å². The van der Waals surface area contributed by atoms with Gasteiger partial charge in [-0.2, -0.15) is 0 Å². The molecule has 0 bridgehead atoms. The molecule has 0 atom stereocenters. The molecule has 9 nitrogen and oxygen atoms in total. The Bertz CT molecular complexity index is 339. The SMILES string of the molecule is CC(C)CCCCC(=O)O.COCCOCCN(CCOCCOC)CCOCCOC. The third-order valence-electron chi connectivity index (χ3n) is 4.37. The number of unbranched alkanes of at least 4 members (excludes halogenated alkanes) is 1. The lowest BCUT2D eigenvalue weighted by Gasteiger charge is -2.22. The summed E-state index contributed by atoms with van der Waals surface area (Å²) in [6.07, 6.45) is 3.34. The maximum Gasteiger partial charge on any atom is 0.303 e. The third kappa shape index (κ3) is 31.4. The van der Waals surface area contributed by atoms with Crippen LogP contribution in [0.15, 0.2) is 0 Å². The van der Waals surface area contributed by atoms with Crippen molar-refractivity contribution in [2.75, 3.05) is 100 Å². The fraction of sp³-hybridized carbons (Fsp3) is 0.957. The number of rotatable bonds is 23. The van der Waals surface area contributed by atoms with Crippen molar-refractivity contribution in [3.8, 4) is 0 Å². The first-order valence-corrected chi connectivity index (χ1v) is 11.6. The Labute approximate surface area is 195 Å². The molecule has 0 aliphatic heterocycles. The largest absolute Gasteiger partial charge is 0.481 e. The van der Waals surface area contributed by atoms with Gasteiger partial charge in [0.2, 0.25) is 0 Å². The van der Waals surface area contributed by atoms with Crippen LogP contribution in [0.25, 0.3) is 0 Å². The molecule has 0 heterocycles. The van der Waals surface area contributed by atoms with Crippen LogP contribution < -0.4 is 0 Å². The minimum atomic E-state index is -0.677. The number of aliphatic carboxylic acids is 1. The monoisotopic (exact) mass is 467 g/mol. The highest BCUT2D eigenvalue weighted by Crippen LogP contribution is 2.07. The van der Waals surface area contributed by atoms with Gasteiger partial charge in [0.1, 0.15) is 0 Å². The summed E-state index contributed by atoms with van der Waals surface area (Å²) in [7, 11) is 5.01.